The Hall–Kier alpha value is -3.34. The number of amides is 2. The highest BCUT2D eigenvalue weighted by Gasteiger charge is 2.34. The van der Waals surface area contributed by atoms with Crippen molar-refractivity contribution in [3.8, 4) is 0 Å². The molecule has 3 aromatic rings. The zero-order chi connectivity index (χ0) is 19.3. The van der Waals surface area contributed by atoms with E-state index in [2.05, 4.69) is 17.4 Å². The molecule has 2 aromatic carbocycles. The van der Waals surface area contributed by atoms with Gasteiger partial charge in [0, 0.05) is 18.7 Å². The number of hydrogen-bond donors (Lipinski definition) is 1. The van der Waals surface area contributed by atoms with Gasteiger partial charge >= 0.3 is 0 Å². The Balaban J connectivity index is 1.42. The van der Waals surface area contributed by atoms with Crippen LogP contribution in [0.5, 0.6) is 0 Å². The molecule has 0 unspecified atom stereocenters. The van der Waals surface area contributed by atoms with E-state index in [0.29, 0.717) is 13.1 Å². The normalized spacial score (nSPS) is 16.4. The molecule has 1 aromatic heterocycles. The van der Waals surface area contributed by atoms with Crippen LogP contribution in [0.2, 0.25) is 0 Å². The summed E-state index contributed by atoms with van der Waals surface area (Å²) in [7, 11) is 0. The van der Waals surface area contributed by atoms with E-state index in [-0.39, 0.29) is 24.2 Å². The number of nitrogens with zero attached hydrogens (tertiary/aromatic N) is 1. The van der Waals surface area contributed by atoms with Crippen molar-refractivity contribution >= 4 is 17.5 Å². The minimum atomic E-state index is -0.354. The first kappa shape index (κ1) is 18.0. The molecule has 0 bridgehead atoms. The number of likely N-dealkylation sites (tertiary alicyclic amines) is 1. The number of benzene rings is 2. The molecule has 0 saturated carbocycles. The molecule has 1 aliphatic heterocycles. The van der Waals surface area contributed by atoms with Gasteiger partial charge in [0.2, 0.25) is 11.8 Å². The summed E-state index contributed by atoms with van der Waals surface area (Å²) in [5.41, 5.74) is 3.04. The third kappa shape index (κ3) is 4.14. The number of hydrogen-bond acceptors (Lipinski definition) is 3. The maximum Gasteiger partial charge on any atom is 0.229 e. The summed E-state index contributed by atoms with van der Waals surface area (Å²) in [6, 6.07) is 21.6. The van der Waals surface area contributed by atoms with Crippen LogP contribution in [0.4, 0.5) is 5.69 Å². The monoisotopic (exact) mass is 374 g/mol. The molecule has 5 nitrogen and oxygen atoms in total. The van der Waals surface area contributed by atoms with Crippen LogP contribution in [-0.4, -0.2) is 23.3 Å². The maximum atomic E-state index is 12.8. The Morgan fingerprint density at radius 1 is 1.04 bits per heavy atom. The molecule has 28 heavy (non-hydrogen) atoms. The molecule has 4 rings (SSSR count). The van der Waals surface area contributed by atoms with E-state index >= 15 is 0 Å². The molecule has 2 amide bonds. The van der Waals surface area contributed by atoms with E-state index in [1.807, 2.05) is 48.5 Å². The second-order valence-corrected chi connectivity index (χ2v) is 7.06. The first-order valence-electron chi connectivity index (χ1n) is 9.42. The van der Waals surface area contributed by atoms with E-state index in [9.17, 15) is 9.59 Å². The van der Waals surface area contributed by atoms with Crippen LogP contribution in [-0.2, 0) is 22.6 Å². The summed E-state index contributed by atoms with van der Waals surface area (Å²) in [5, 5.41) is 3.03. The summed E-state index contributed by atoms with van der Waals surface area (Å²) in [6.45, 7) is 0.812. The van der Waals surface area contributed by atoms with Crippen LogP contribution in [0.1, 0.15) is 23.3 Å². The minimum Gasteiger partial charge on any atom is -0.467 e. The van der Waals surface area contributed by atoms with Gasteiger partial charge in [-0.3, -0.25) is 9.59 Å². The SMILES string of the molecule is O=C(Nc1ccccc1Cc1ccccc1)[C@@H]1CC(=O)N(Cc2ccco2)C1. The van der Waals surface area contributed by atoms with Crippen molar-refractivity contribution in [3.63, 3.8) is 0 Å². The van der Waals surface area contributed by atoms with Crippen LogP contribution in [0.3, 0.4) is 0 Å². The molecular weight excluding hydrogens is 352 g/mol. The molecule has 5 heteroatoms. The number of anilines is 1. The molecule has 142 valence electrons. The van der Waals surface area contributed by atoms with Crippen molar-refractivity contribution in [1.29, 1.82) is 0 Å². The van der Waals surface area contributed by atoms with Crippen molar-refractivity contribution < 1.29 is 14.0 Å². The molecule has 0 radical (unpaired) electrons. The molecule has 0 spiro atoms. The van der Waals surface area contributed by atoms with Gasteiger partial charge in [0.25, 0.3) is 0 Å². The zero-order valence-electron chi connectivity index (χ0n) is 15.5. The van der Waals surface area contributed by atoms with Crippen LogP contribution in [0.25, 0.3) is 0 Å². The number of furan rings is 1. The lowest BCUT2D eigenvalue weighted by Crippen LogP contribution is -2.28. The second kappa shape index (κ2) is 8.13. The smallest absolute Gasteiger partial charge is 0.229 e. The Labute approximate surface area is 164 Å². The fourth-order valence-corrected chi connectivity index (χ4v) is 3.54. The lowest BCUT2D eigenvalue weighted by molar-refractivity contribution is -0.128. The van der Waals surface area contributed by atoms with Crippen molar-refractivity contribution in [2.45, 2.75) is 19.4 Å². The summed E-state index contributed by atoms with van der Waals surface area (Å²) in [4.78, 5) is 26.8. The van der Waals surface area contributed by atoms with E-state index in [0.717, 1.165) is 23.4 Å². The van der Waals surface area contributed by atoms with Crippen LogP contribution >= 0.6 is 0 Å². The second-order valence-electron chi connectivity index (χ2n) is 7.06. The van der Waals surface area contributed by atoms with Crippen molar-refractivity contribution in [3.05, 3.63) is 89.9 Å². The Bertz CT molecular complexity index is 951. The van der Waals surface area contributed by atoms with Gasteiger partial charge in [-0.2, -0.15) is 0 Å². The molecular formula is C23H22N2O3. The highest BCUT2D eigenvalue weighted by atomic mass is 16.3. The van der Waals surface area contributed by atoms with E-state index < -0.39 is 0 Å². The predicted octanol–water partition coefficient (Wildman–Crippen LogP) is 3.86. The van der Waals surface area contributed by atoms with Gasteiger partial charge in [0.1, 0.15) is 5.76 Å². The standard InChI is InChI=1S/C23H22N2O3/c26-22-14-19(15-25(22)16-20-10-6-12-28-20)23(27)24-21-11-5-4-9-18(21)13-17-7-2-1-3-8-17/h1-12,19H,13-16H2,(H,24,27)/t19-/m1/s1. The van der Waals surface area contributed by atoms with Gasteiger partial charge in [-0.25, -0.2) is 0 Å². The minimum absolute atomic E-state index is 0.0193. The van der Waals surface area contributed by atoms with Gasteiger partial charge in [0.15, 0.2) is 0 Å². The lowest BCUT2D eigenvalue weighted by Gasteiger charge is -2.16. The van der Waals surface area contributed by atoms with Crippen molar-refractivity contribution in [2.75, 3.05) is 11.9 Å². The fraction of sp³-hybridized carbons (Fsp3) is 0.217. The van der Waals surface area contributed by atoms with E-state index in [1.165, 1.54) is 5.56 Å². The Morgan fingerprint density at radius 3 is 2.61 bits per heavy atom. The fourth-order valence-electron chi connectivity index (χ4n) is 3.54. The average molecular weight is 374 g/mol. The predicted molar refractivity (Wildman–Crippen MR) is 107 cm³/mol. The van der Waals surface area contributed by atoms with Gasteiger partial charge in [-0.1, -0.05) is 48.5 Å². The topological polar surface area (TPSA) is 62.6 Å². The molecule has 0 aliphatic carbocycles. The number of rotatable bonds is 6. The third-order valence-corrected chi connectivity index (χ3v) is 5.02. The maximum absolute atomic E-state index is 12.8. The summed E-state index contributed by atoms with van der Waals surface area (Å²) < 4.78 is 5.31. The van der Waals surface area contributed by atoms with Gasteiger partial charge in [-0.15, -0.1) is 0 Å². The number of nitrogens with one attached hydrogen (secondary N) is 1. The number of carbonyl (C=O) groups is 2. The average Bonchev–Trinajstić information content (AvgIpc) is 3.35. The van der Waals surface area contributed by atoms with E-state index in [4.69, 9.17) is 4.42 Å². The molecule has 1 fully saturated rings. The Kier molecular flexibility index (Phi) is 5.24. The van der Waals surface area contributed by atoms with Crippen LogP contribution < -0.4 is 5.32 Å². The van der Waals surface area contributed by atoms with Crippen molar-refractivity contribution in [1.82, 2.24) is 4.90 Å². The van der Waals surface area contributed by atoms with E-state index in [1.54, 1.807) is 17.2 Å². The largest absolute Gasteiger partial charge is 0.467 e. The van der Waals surface area contributed by atoms with Crippen LogP contribution in [0.15, 0.2) is 77.4 Å². The van der Waals surface area contributed by atoms with Gasteiger partial charge in [0.05, 0.1) is 18.7 Å². The first-order chi connectivity index (χ1) is 13.7. The quantitative estimate of drug-likeness (QED) is 0.713. The highest BCUT2D eigenvalue weighted by molar-refractivity contribution is 5.97. The van der Waals surface area contributed by atoms with Gasteiger partial charge < -0.3 is 14.6 Å². The molecule has 1 aliphatic rings. The Morgan fingerprint density at radius 2 is 1.82 bits per heavy atom. The van der Waals surface area contributed by atoms with Crippen LogP contribution in [0, 0.1) is 5.92 Å². The molecule has 2 heterocycles. The summed E-state index contributed by atoms with van der Waals surface area (Å²) >= 11 is 0. The highest BCUT2D eigenvalue weighted by Crippen LogP contribution is 2.24. The lowest BCUT2D eigenvalue weighted by atomic mass is 10.0. The zero-order valence-corrected chi connectivity index (χ0v) is 15.5. The molecule has 1 saturated heterocycles. The van der Waals surface area contributed by atoms with Crippen molar-refractivity contribution in [2.24, 2.45) is 5.92 Å². The number of para-hydroxylation sites is 1. The molecule has 1 atom stereocenters. The summed E-state index contributed by atoms with van der Waals surface area (Å²) in [5.74, 6) is 0.236. The third-order valence-electron chi connectivity index (χ3n) is 5.02. The molecule has 1 N–H and O–H groups in total. The number of carbonyl (C=O) groups excluding carboxylic acids is 2. The summed E-state index contributed by atoms with van der Waals surface area (Å²) in [6.07, 6.45) is 2.56. The first-order valence-corrected chi connectivity index (χ1v) is 9.42. The van der Waals surface area contributed by atoms with Gasteiger partial charge in [-0.05, 0) is 35.7 Å².